The van der Waals surface area contributed by atoms with Crippen molar-refractivity contribution in [1.82, 2.24) is 0 Å². The van der Waals surface area contributed by atoms with E-state index in [-0.39, 0.29) is 12.6 Å². The summed E-state index contributed by atoms with van der Waals surface area (Å²) in [7, 11) is 0. The van der Waals surface area contributed by atoms with Crippen LogP contribution in [0.5, 0.6) is 5.75 Å². The minimum absolute atomic E-state index is 0.0778. The van der Waals surface area contributed by atoms with Crippen LogP contribution in [0.15, 0.2) is 12.1 Å². The number of rotatable bonds is 4. The van der Waals surface area contributed by atoms with Crippen molar-refractivity contribution in [2.24, 2.45) is 5.73 Å². The second-order valence-corrected chi connectivity index (χ2v) is 4.00. The molecule has 0 spiro atoms. The molecule has 3 N–H and O–H groups in total. The van der Waals surface area contributed by atoms with Gasteiger partial charge in [0.2, 0.25) is 0 Å². The van der Waals surface area contributed by atoms with Crippen molar-refractivity contribution in [2.75, 3.05) is 13.2 Å². The lowest BCUT2D eigenvalue weighted by Crippen LogP contribution is -2.31. The predicted octanol–water partition coefficient (Wildman–Crippen LogP) is 1.66. The third-order valence-electron chi connectivity index (χ3n) is 2.11. The lowest BCUT2D eigenvalue weighted by atomic mass is 10.1. The zero-order chi connectivity index (χ0) is 11.4. The molecule has 1 aromatic carbocycles. The largest absolute Gasteiger partial charge is 0.492 e. The Morgan fingerprint density at radius 2 is 1.93 bits per heavy atom. The molecule has 0 aliphatic carbocycles. The first-order chi connectivity index (χ1) is 7.04. The zero-order valence-corrected chi connectivity index (χ0v) is 9.71. The first-order valence-corrected chi connectivity index (χ1v) is 5.18. The van der Waals surface area contributed by atoms with Gasteiger partial charge in [-0.1, -0.05) is 11.6 Å². The number of hydrogen-bond donors (Lipinski definition) is 2. The zero-order valence-electron chi connectivity index (χ0n) is 8.96. The molecule has 0 bridgehead atoms. The molecule has 1 rings (SSSR count). The van der Waals surface area contributed by atoms with Gasteiger partial charge >= 0.3 is 0 Å². The van der Waals surface area contributed by atoms with Crippen LogP contribution in [0.2, 0.25) is 5.02 Å². The van der Waals surface area contributed by atoms with E-state index in [9.17, 15) is 0 Å². The van der Waals surface area contributed by atoms with Crippen molar-refractivity contribution in [3.8, 4) is 5.75 Å². The van der Waals surface area contributed by atoms with Crippen LogP contribution in [-0.4, -0.2) is 24.4 Å². The lowest BCUT2D eigenvalue weighted by molar-refractivity contribution is 0.206. The highest BCUT2D eigenvalue weighted by Gasteiger charge is 2.05. The maximum absolute atomic E-state index is 8.74. The highest BCUT2D eigenvalue weighted by Crippen LogP contribution is 2.25. The third kappa shape index (κ3) is 3.38. The number of aliphatic hydroxyl groups is 1. The molecule has 1 atom stereocenters. The third-order valence-corrected chi connectivity index (χ3v) is 2.70. The normalized spacial score (nSPS) is 12.6. The van der Waals surface area contributed by atoms with Crippen molar-refractivity contribution >= 4 is 11.6 Å². The molecule has 0 aliphatic heterocycles. The summed E-state index contributed by atoms with van der Waals surface area (Å²) in [5.41, 5.74) is 7.48. The molecule has 15 heavy (non-hydrogen) atoms. The average molecular weight is 230 g/mol. The van der Waals surface area contributed by atoms with Crippen molar-refractivity contribution in [1.29, 1.82) is 0 Å². The fourth-order valence-electron chi connectivity index (χ4n) is 1.25. The second kappa shape index (κ2) is 5.35. The summed E-state index contributed by atoms with van der Waals surface area (Å²) in [5, 5.41) is 9.50. The van der Waals surface area contributed by atoms with Gasteiger partial charge < -0.3 is 15.6 Å². The van der Waals surface area contributed by atoms with Gasteiger partial charge in [-0.25, -0.2) is 0 Å². The SMILES string of the molecule is Cc1cc(OCC(N)CO)cc(C)c1Cl. The van der Waals surface area contributed by atoms with E-state index in [0.717, 1.165) is 21.9 Å². The Hall–Kier alpha value is -0.770. The molecule has 84 valence electrons. The molecule has 0 saturated heterocycles. The Balaban J connectivity index is 2.70. The van der Waals surface area contributed by atoms with Gasteiger partial charge in [0, 0.05) is 5.02 Å². The molecule has 0 aromatic heterocycles. The fourth-order valence-corrected chi connectivity index (χ4v) is 1.35. The maximum Gasteiger partial charge on any atom is 0.120 e. The Kier molecular flexibility index (Phi) is 4.39. The standard InChI is InChI=1S/C11H16ClNO2/c1-7-3-10(4-8(2)11(7)12)15-6-9(13)5-14/h3-4,9,14H,5-6,13H2,1-2H3. The van der Waals surface area contributed by atoms with Crippen LogP contribution in [0, 0.1) is 13.8 Å². The molecule has 4 heteroatoms. The lowest BCUT2D eigenvalue weighted by Gasteiger charge is -2.12. The van der Waals surface area contributed by atoms with Crippen molar-refractivity contribution in [3.05, 3.63) is 28.3 Å². The molecule has 0 fully saturated rings. The Bertz CT molecular complexity index is 318. The number of ether oxygens (including phenoxy) is 1. The molecule has 0 saturated carbocycles. The van der Waals surface area contributed by atoms with E-state index < -0.39 is 0 Å². The van der Waals surface area contributed by atoms with Crippen molar-refractivity contribution < 1.29 is 9.84 Å². The minimum atomic E-state index is -0.346. The van der Waals surface area contributed by atoms with Crippen molar-refractivity contribution in [2.45, 2.75) is 19.9 Å². The van der Waals surface area contributed by atoms with E-state index in [2.05, 4.69) is 0 Å². The van der Waals surface area contributed by atoms with Crippen LogP contribution in [0.3, 0.4) is 0 Å². The van der Waals surface area contributed by atoms with Gasteiger partial charge in [-0.3, -0.25) is 0 Å². The Labute approximate surface area is 94.8 Å². The molecular weight excluding hydrogens is 214 g/mol. The predicted molar refractivity (Wildman–Crippen MR) is 61.5 cm³/mol. The van der Waals surface area contributed by atoms with Crippen LogP contribution in [0.1, 0.15) is 11.1 Å². The summed E-state index contributed by atoms with van der Waals surface area (Å²) in [4.78, 5) is 0. The fraction of sp³-hybridized carbons (Fsp3) is 0.455. The van der Waals surface area contributed by atoms with Gasteiger partial charge in [0.1, 0.15) is 12.4 Å². The van der Waals surface area contributed by atoms with Gasteiger partial charge in [-0.05, 0) is 37.1 Å². The molecule has 1 unspecified atom stereocenters. The van der Waals surface area contributed by atoms with Crippen LogP contribution in [0.25, 0.3) is 0 Å². The topological polar surface area (TPSA) is 55.5 Å². The smallest absolute Gasteiger partial charge is 0.120 e. The van der Waals surface area contributed by atoms with E-state index in [1.165, 1.54) is 0 Å². The number of nitrogens with two attached hydrogens (primary N) is 1. The monoisotopic (exact) mass is 229 g/mol. The highest BCUT2D eigenvalue weighted by molar-refractivity contribution is 6.32. The van der Waals surface area contributed by atoms with Crippen LogP contribution >= 0.6 is 11.6 Å². The molecule has 0 heterocycles. The number of halogens is 1. The van der Waals surface area contributed by atoms with E-state index in [0.29, 0.717) is 6.61 Å². The van der Waals surface area contributed by atoms with Gasteiger partial charge in [-0.15, -0.1) is 0 Å². The number of hydrogen-bond acceptors (Lipinski definition) is 3. The molecular formula is C11H16ClNO2. The minimum Gasteiger partial charge on any atom is -0.492 e. The summed E-state index contributed by atoms with van der Waals surface area (Å²) in [6.07, 6.45) is 0. The summed E-state index contributed by atoms with van der Waals surface area (Å²) in [6, 6.07) is 3.38. The highest BCUT2D eigenvalue weighted by atomic mass is 35.5. The maximum atomic E-state index is 8.74. The Morgan fingerprint density at radius 1 is 1.40 bits per heavy atom. The quantitative estimate of drug-likeness (QED) is 0.826. The summed E-state index contributed by atoms with van der Waals surface area (Å²) >= 11 is 6.02. The number of benzene rings is 1. The average Bonchev–Trinajstić information content (AvgIpc) is 2.22. The van der Waals surface area contributed by atoms with Crippen LogP contribution in [-0.2, 0) is 0 Å². The van der Waals surface area contributed by atoms with Gasteiger partial charge in [0.05, 0.1) is 12.6 Å². The summed E-state index contributed by atoms with van der Waals surface area (Å²) in [5.74, 6) is 0.735. The molecule has 3 nitrogen and oxygen atoms in total. The van der Waals surface area contributed by atoms with Crippen LogP contribution in [0.4, 0.5) is 0 Å². The van der Waals surface area contributed by atoms with Gasteiger partial charge in [-0.2, -0.15) is 0 Å². The van der Waals surface area contributed by atoms with Gasteiger partial charge in [0.15, 0.2) is 0 Å². The summed E-state index contributed by atoms with van der Waals surface area (Å²) in [6.45, 7) is 4.07. The molecule has 0 aliphatic rings. The van der Waals surface area contributed by atoms with E-state index in [4.69, 9.17) is 27.2 Å². The molecule has 0 radical (unpaired) electrons. The first kappa shape index (κ1) is 12.3. The van der Waals surface area contributed by atoms with Gasteiger partial charge in [0.25, 0.3) is 0 Å². The second-order valence-electron chi connectivity index (χ2n) is 3.62. The Morgan fingerprint density at radius 3 is 2.40 bits per heavy atom. The molecule has 1 aromatic rings. The van der Waals surface area contributed by atoms with E-state index in [1.54, 1.807) is 0 Å². The first-order valence-electron chi connectivity index (χ1n) is 4.80. The summed E-state index contributed by atoms with van der Waals surface area (Å²) < 4.78 is 5.43. The van der Waals surface area contributed by atoms with Crippen LogP contribution < -0.4 is 10.5 Å². The molecule has 0 amide bonds. The van der Waals surface area contributed by atoms with E-state index >= 15 is 0 Å². The number of aryl methyl sites for hydroxylation is 2. The van der Waals surface area contributed by atoms with E-state index in [1.807, 2.05) is 26.0 Å². The van der Waals surface area contributed by atoms with Crippen molar-refractivity contribution in [3.63, 3.8) is 0 Å². The number of aliphatic hydroxyl groups excluding tert-OH is 1.